The molecule has 70 heavy (non-hydrogen) atoms. The van der Waals surface area contributed by atoms with Crippen LogP contribution in [0, 0.1) is 0 Å². The van der Waals surface area contributed by atoms with Crippen molar-refractivity contribution in [3.63, 3.8) is 0 Å². The van der Waals surface area contributed by atoms with Crippen LogP contribution in [0.3, 0.4) is 0 Å². The normalized spacial score (nSPS) is 13.0. The van der Waals surface area contributed by atoms with Crippen molar-refractivity contribution in [2.24, 2.45) is 0 Å². The second-order valence-electron chi connectivity index (χ2n) is 18.4. The van der Waals surface area contributed by atoms with Gasteiger partial charge in [0, 0.05) is 19.3 Å². The summed E-state index contributed by atoms with van der Waals surface area (Å²) in [6.07, 6.45) is 79.1. The van der Waals surface area contributed by atoms with Gasteiger partial charge in [-0.05, 0) is 128 Å². The van der Waals surface area contributed by atoms with Crippen LogP contribution in [0.5, 0.6) is 0 Å². The number of hydrogen-bond donors (Lipinski definition) is 0. The van der Waals surface area contributed by atoms with Crippen molar-refractivity contribution in [1.82, 2.24) is 0 Å². The number of esters is 3. The van der Waals surface area contributed by atoms with E-state index in [0.29, 0.717) is 19.3 Å². The van der Waals surface area contributed by atoms with Crippen molar-refractivity contribution in [2.75, 3.05) is 13.2 Å². The smallest absolute Gasteiger partial charge is 0.306 e. The number of allylic oxidation sites excluding steroid dienone is 20. The van der Waals surface area contributed by atoms with Crippen molar-refractivity contribution < 1.29 is 28.6 Å². The van der Waals surface area contributed by atoms with Crippen molar-refractivity contribution >= 4 is 17.9 Å². The number of carbonyl (C=O) groups is 3. The van der Waals surface area contributed by atoms with E-state index in [1.807, 2.05) is 0 Å². The molecule has 0 fully saturated rings. The fraction of sp³-hybridized carbons (Fsp3) is 0.641. The van der Waals surface area contributed by atoms with Crippen molar-refractivity contribution in [3.05, 3.63) is 122 Å². The molecule has 0 aliphatic heterocycles. The second-order valence-corrected chi connectivity index (χ2v) is 18.4. The monoisotopic (exact) mass is 969 g/mol. The standard InChI is InChI=1S/C64H104O6/c1-4-7-10-13-16-19-22-25-27-28-29-30-31-32-33-34-35-36-38-39-42-45-48-51-54-57-63(66)69-60-61(59-68-62(65)56-53-50-47-44-41-24-21-18-15-12-9-6-3)70-64(67)58-55-52-49-46-43-40-37-26-23-20-17-14-11-8-5-2/h7-8,10-11,16-21,25-27,29-30,32-33,37,43,46,61H,4-6,9,12-15,22-24,28,31,34-36,38-42,44-45,47-60H2,1-3H3/b10-7-,11-8-,19-16-,20-17-,21-18-,27-25-,30-29-,33-32-,37-26-,46-43-. The number of unbranched alkanes of at least 4 members (excludes halogenated alkanes) is 19. The van der Waals surface area contributed by atoms with Crippen molar-refractivity contribution in [3.8, 4) is 0 Å². The quantitative estimate of drug-likeness (QED) is 0.0262. The fourth-order valence-corrected chi connectivity index (χ4v) is 7.45. The topological polar surface area (TPSA) is 78.9 Å². The van der Waals surface area contributed by atoms with Crippen LogP contribution in [-0.2, 0) is 28.6 Å². The van der Waals surface area contributed by atoms with E-state index in [1.54, 1.807) is 0 Å². The maximum atomic E-state index is 12.8. The summed E-state index contributed by atoms with van der Waals surface area (Å²) in [5, 5.41) is 0. The molecule has 0 aliphatic carbocycles. The fourth-order valence-electron chi connectivity index (χ4n) is 7.45. The predicted molar refractivity (Wildman–Crippen MR) is 302 cm³/mol. The lowest BCUT2D eigenvalue weighted by atomic mass is 10.1. The van der Waals surface area contributed by atoms with E-state index >= 15 is 0 Å². The number of rotatable bonds is 50. The third kappa shape index (κ3) is 54.7. The summed E-state index contributed by atoms with van der Waals surface area (Å²) in [4.78, 5) is 38.1. The van der Waals surface area contributed by atoms with Gasteiger partial charge in [0.2, 0.25) is 0 Å². The molecule has 0 saturated carbocycles. The van der Waals surface area contributed by atoms with Gasteiger partial charge in [0.15, 0.2) is 6.10 Å². The van der Waals surface area contributed by atoms with E-state index in [-0.39, 0.29) is 37.5 Å². The zero-order chi connectivity index (χ0) is 50.7. The number of ether oxygens (including phenoxy) is 3. The van der Waals surface area contributed by atoms with Crippen LogP contribution in [0.4, 0.5) is 0 Å². The zero-order valence-corrected chi connectivity index (χ0v) is 45.2. The Morgan fingerprint density at radius 2 is 0.557 bits per heavy atom. The van der Waals surface area contributed by atoms with Crippen molar-refractivity contribution in [1.29, 1.82) is 0 Å². The van der Waals surface area contributed by atoms with Crippen LogP contribution in [-0.4, -0.2) is 37.2 Å². The molecule has 396 valence electrons. The summed E-state index contributed by atoms with van der Waals surface area (Å²) in [7, 11) is 0. The molecule has 1 unspecified atom stereocenters. The van der Waals surface area contributed by atoms with Gasteiger partial charge < -0.3 is 14.2 Å². The Labute approximate surface area is 431 Å². The molecule has 0 aliphatic rings. The van der Waals surface area contributed by atoms with Crippen LogP contribution in [0.25, 0.3) is 0 Å². The van der Waals surface area contributed by atoms with Gasteiger partial charge in [0.1, 0.15) is 13.2 Å². The number of hydrogen-bond acceptors (Lipinski definition) is 6. The summed E-state index contributed by atoms with van der Waals surface area (Å²) in [6, 6.07) is 0. The maximum Gasteiger partial charge on any atom is 0.306 e. The van der Waals surface area contributed by atoms with Crippen LogP contribution in [0.15, 0.2) is 122 Å². The Kier molecular flexibility index (Phi) is 54.0. The van der Waals surface area contributed by atoms with Crippen LogP contribution >= 0.6 is 0 Å². The van der Waals surface area contributed by atoms with Gasteiger partial charge >= 0.3 is 17.9 Å². The molecule has 0 bridgehead atoms. The van der Waals surface area contributed by atoms with E-state index in [0.717, 1.165) is 128 Å². The lowest BCUT2D eigenvalue weighted by Gasteiger charge is -2.18. The highest BCUT2D eigenvalue weighted by molar-refractivity contribution is 5.71. The summed E-state index contributed by atoms with van der Waals surface area (Å²) in [5.41, 5.74) is 0. The highest BCUT2D eigenvalue weighted by Gasteiger charge is 2.19. The Hall–Kier alpha value is -4.19. The first-order chi connectivity index (χ1) is 34.5. The second kappa shape index (κ2) is 57.4. The molecule has 0 spiro atoms. The largest absolute Gasteiger partial charge is 0.462 e. The number of carbonyl (C=O) groups excluding carboxylic acids is 3. The predicted octanol–water partition coefficient (Wildman–Crippen LogP) is 19.3. The van der Waals surface area contributed by atoms with Gasteiger partial charge in [-0.1, -0.05) is 219 Å². The Balaban J connectivity index is 4.38. The van der Waals surface area contributed by atoms with Gasteiger partial charge in [0.05, 0.1) is 0 Å². The Morgan fingerprint density at radius 3 is 0.914 bits per heavy atom. The minimum absolute atomic E-state index is 0.103. The minimum atomic E-state index is -0.808. The summed E-state index contributed by atoms with van der Waals surface area (Å²) < 4.78 is 16.8. The molecule has 1 atom stereocenters. The van der Waals surface area contributed by atoms with E-state index in [4.69, 9.17) is 14.2 Å². The molecule has 0 heterocycles. The van der Waals surface area contributed by atoms with E-state index < -0.39 is 6.10 Å². The van der Waals surface area contributed by atoms with Gasteiger partial charge in [-0.15, -0.1) is 0 Å². The highest BCUT2D eigenvalue weighted by atomic mass is 16.6. The summed E-state index contributed by atoms with van der Waals surface area (Å²) in [5.74, 6) is -0.963. The average Bonchev–Trinajstić information content (AvgIpc) is 3.36. The molecule has 0 rings (SSSR count). The molecule has 0 aromatic rings. The average molecular weight is 970 g/mol. The SMILES string of the molecule is CC/C=C\C/C=C\C/C=C\C/C=C\C/C=C\CCCCCCCCCCCC(=O)OCC(COC(=O)CCCCCCC/C=C\CCCCC)OC(=O)CCCC/C=C\C/C=C\C/C=C\C/C=C\CC. The molecule has 0 saturated heterocycles. The van der Waals surface area contributed by atoms with Crippen molar-refractivity contribution in [2.45, 2.75) is 252 Å². The molecule has 0 radical (unpaired) electrons. The maximum absolute atomic E-state index is 12.8. The molecular weight excluding hydrogens is 865 g/mol. The molecule has 0 aromatic carbocycles. The summed E-state index contributed by atoms with van der Waals surface area (Å²) >= 11 is 0. The van der Waals surface area contributed by atoms with E-state index in [2.05, 4.69) is 142 Å². The van der Waals surface area contributed by atoms with Gasteiger partial charge in [0.25, 0.3) is 0 Å². The molecule has 6 nitrogen and oxygen atoms in total. The van der Waals surface area contributed by atoms with Gasteiger partial charge in [-0.3, -0.25) is 14.4 Å². The summed E-state index contributed by atoms with van der Waals surface area (Å²) in [6.45, 7) is 6.33. The van der Waals surface area contributed by atoms with E-state index in [1.165, 1.54) is 70.6 Å². The lowest BCUT2D eigenvalue weighted by Crippen LogP contribution is -2.30. The minimum Gasteiger partial charge on any atom is -0.462 e. The zero-order valence-electron chi connectivity index (χ0n) is 45.2. The van der Waals surface area contributed by atoms with Gasteiger partial charge in [-0.2, -0.15) is 0 Å². The first-order valence-electron chi connectivity index (χ1n) is 28.5. The van der Waals surface area contributed by atoms with Crippen LogP contribution in [0.2, 0.25) is 0 Å². The first-order valence-corrected chi connectivity index (χ1v) is 28.5. The molecule has 0 N–H and O–H groups in total. The molecular formula is C64H104O6. The third-order valence-electron chi connectivity index (χ3n) is 11.7. The van der Waals surface area contributed by atoms with Gasteiger partial charge in [-0.25, -0.2) is 0 Å². The molecule has 0 amide bonds. The molecule has 0 aromatic heterocycles. The van der Waals surface area contributed by atoms with Crippen LogP contribution in [0.1, 0.15) is 245 Å². The Bertz CT molecular complexity index is 1490. The highest BCUT2D eigenvalue weighted by Crippen LogP contribution is 2.14. The Morgan fingerprint density at radius 1 is 0.300 bits per heavy atom. The van der Waals surface area contributed by atoms with Crippen LogP contribution < -0.4 is 0 Å². The first kappa shape index (κ1) is 65.8. The van der Waals surface area contributed by atoms with E-state index in [9.17, 15) is 14.4 Å². The lowest BCUT2D eigenvalue weighted by molar-refractivity contribution is -0.167. The molecule has 6 heteroatoms. The third-order valence-corrected chi connectivity index (χ3v) is 11.7.